The quantitative estimate of drug-likeness (QED) is 0.195. The second kappa shape index (κ2) is 9.02. The summed E-state index contributed by atoms with van der Waals surface area (Å²) in [6, 6.07) is 26.9. The van der Waals surface area contributed by atoms with Crippen molar-refractivity contribution >= 4 is 21.9 Å². The van der Waals surface area contributed by atoms with Crippen molar-refractivity contribution in [2.75, 3.05) is 0 Å². The molecule has 3 aromatic carbocycles. The molecule has 32 heavy (non-hydrogen) atoms. The molecule has 5 rings (SSSR count). The molecule has 0 saturated carbocycles. The van der Waals surface area contributed by atoms with Crippen LogP contribution >= 0.6 is 0 Å². The second-order valence-electron chi connectivity index (χ2n) is 8.82. The summed E-state index contributed by atoms with van der Waals surface area (Å²) in [6.07, 6.45) is 1.88. The Hall–Kier alpha value is -2.74. The van der Waals surface area contributed by atoms with Gasteiger partial charge >= 0.3 is 0 Å². The summed E-state index contributed by atoms with van der Waals surface area (Å²) in [7, 11) is 0. The molecule has 163 valence electrons. The number of nitrogens with zero attached hydrogens (tertiary/aromatic N) is 1. The summed E-state index contributed by atoms with van der Waals surface area (Å²) in [5, 5.41) is 2.24. The standard InChI is InChI=1S/C29H26NO.Ir/c1-18(2)21-12-13-30-27(16-21)22-10-11-24-26-15-23(20-8-6-5-7-9-20)14-25(19(3)4)29(26)31-28(24)17-22;/h5-9,11-19H,1-4H3;/q-1;. The number of pyridine rings is 1. The summed E-state index contributed by atoms with van der Waals surface area (Å²) in [4.78, 5) is 4.58. The van der Waals surface area contributed by atoms with E-state index in [9.17, 15) is 0 Å². The van der Waals surface area contributed by atoms with Crippen LogP contribution in [0.3, 0.4) is 0 Å². The molecule has 0 spiro atoms. The summed E-state index contributed by atoms with van der Waals surface area (Å²) < 4.78 is 6.43. The fourth-order valence-corrected chi connectivity index (χ4v) is 4.17. The molecule has 5 aromatic rings. The van der Waals surface area contributed by atoms with Gasteiger partial charge in [-0.2, -0.15) is 0 Å². The van der Waals surface area contributed by atoms with Crippen LogP contribution < -0.4 is 0 Å². The third kappa shape index (κ3) is 4.03. The zero-order valence-corrected chi connectivity index (χ0v) is 21.2. The fraction of sp³-hybridized carbons (Fsp3) is 0.207. The van der Waals surface area contributed by atoms with Crippen LogP contribution in [-0.2, 0) is 20.1 Å². The van der Waals surface area contributed by atoms with E-state index in [-0.39, 0.29) is 20.1 Å². The van der Waals surface area contributed by atoms with Crippen LogP contribution in [0.15, 0.2) is 77.3 Å². The Morgan fingerprint density at radius 3 is 2.31 bits per heavy atom. The molecular weight excluding hydrogens is 571 g/mol. The first-order chi connectivity index (χ1) is 15.0. The molecule has 0 aliphatic rings. The van der Waals surface area contributed by atoms with Gasteiger partial charge in [0.1, 0.15) is 5.58 Å². The molecular formula is C29H26IrNO-. The van der Waals surface area contributed by atoms with E-state index in [0.29, 0.717) is 11.8 Å². The van der Waals surface area contributed by atoms with Crippen molar-refractivity contribution in [3.8, 4) is 22.4 Å². The predicted octanol–water partition coefficient (Wildman–Crippen LogP) is 8.36. The summed E-state index contributed by atoms with van der Waals surface area (Å²) in [5.41, 5.74) is 8.69. The van der Waals surface area contributed by atoms with Gasteiger partial charge in [0, 0.05) is 26.3 Å². The van der Waals surface area contributed by atoms with Gasteiger partial charge in [-0.3, -0.25) is 0 Å². The van der Waals surface area contributed by atoms with Gasteiger partial charge in [-0.15, -0.1) is 17.7 Å². The average molecular weight is 597 g/mol. The first kappa shape index (κ1) is 22.5. The van der Waals surface area contributed by atoms with E-state index in [1.807, 2.05) is 6.20 Å². The van der Waals surface area contributed by atoms with E-state index >= 15 is 0 Å². The second-order valence-corrected chi connectivity index (χ2v) is 8.82. The van der Waals surface area contributed by atoms with Crippen LogP contribution in [0.5, 0.6) is 0 Å². The molecule has 0 bridgehead atoms. The minimum Gasteiger partial charge on any atom is -0.476 e. The van der Waals surface area contributed by atoms with E-state index in [4.69, 9.17) is 4.42 Å². The zero-order valence-electron chi connectivity index (χ0n) is 18.8. The van der Waals surface area contributed by atoms with Gasteiger partial charge in [-0.25, -0.2) is 0 Å². The summed E-state index contributed by atoms with van der Waals surface area (Å²) >= 11 is 0. The van der Waals surface area contributed by atoms with E-state index in [1.165, 1.54) is 22.3 Å². The van der Waals surface area contributed by atoms with Crippen LogP contribution in [0.25, 0.3) is 44.3 Å². The number of hydrogen-bond donors (Lipinski definition) is 0. The van der Waals surface area contributed by atoms with Gasteiger partial charge in [0.05, 0.1) is 5.58 Å². The monoisotopic (exact) mass is 597 g/mol. The van der Waals surface area contributed by atoms with Crippen LogP contribution in [0.4, 0.5) is 0 Å². The Kier molecular flexibility index (Phi) is 6.33. The molecule has 0 unspecified atom stereocenters. The van der Waals surface area contributed by atoms with E-state index in [2.05, 4.69) is 105 Å². The maximum absolute atomic E-state index is 6.43. The van der Waals surface area contributed by atoms with E-state index in [1.54, 1.807) is 0 Å². The van der Waals surface area contributed by atoms with Crippen molar-refractivity contribution < 1.29 is 24.5 Å². The van der Waals surface area contributed by atoms with Crippen LogP contribution in [0.1, 0.15) is 50.7 Å². The van der Waals surface area contributed by atoms with Gasteiger partial charge in [-0.05, 0) is 51.7 Å². The molecule has 3 heteroatoms. The minimum atomic E-state index is 0. The van der Waals surface area contributed by atoms with Gasteiger partial charge in [-0.1, -0.05) is 87.2 Å². The molecule has 2 nitrogen and oxygen atoms in total. The van der Waals surface area contributed by atoms with Gasteiger partial charge in [0.2, 0.25) is 0 Å². The number of hydrogen-bond acceptors (Lipinski definition) is 2. The Morgan fingerprint density at radius 2 is 1.59 bits per heavy atom. The van der Waals surface area contributed by atoms with Crippen molar-refractivity contribution in [3.63, 3.8) is 0 Å². The number of rotatable bonds is 4. The van der Waals surface area contributed by atoms with Gasteiger partial charge in [0.25, 0.3) is 0 Å². The topological polar surface area (TPSA) is 26.0 Å². The Balaban J connectivity index is 0.00000245. The number of fused-ring (bicyclic) bond motifs is 3. The Bertz CT molecular complexity index is 1380. The van der Waals surface area contributed by atoms with Crippen molar-refractivity contribution in [2.45, 2.75) is 39.5 Å². The molecule has 0 aliphatic heterocycles. The molecule has 1 radical (unpaired) electrons. The molecule has 0 N–H and O–H groups in total. The first-order valence-corrected chi connectivity index (χ1v) is 10.9. The number of benzene rings is 3. The smallest absolute Gasteiger partial charge is 0.127 e. The van der Waals surface area contributed by atoms with Crippen molar-refractivity contribution in [1.29, 1.82) is 0 Å². The normalized spacial score (nSPS) is 11.4. The van der Waals surface area contributed by atoms with Crippen molar-refractivity contribution in [1.82, 2.24) is 4.98 Å². The first-order valence-electron chi connectivity index (χ1n) is 10.9. The van der Waals surface area contributed by atoms with Gasteiger partial charge < -0.3 is 9.40 Å². The van der Waals surface area contributed by atoms with E-state index < -0.39 is 0 Å². The maximum Gasteiger partial charge on any atom is 0.127 e. The van der Waals surface area contributed by atoms with Gasteiger partial charge in [0.15, 0.2) is 0 Å². The third-order valence-electron chi connectivity index (χ3n) is 5.99. The minimum absolute atomic E-state index is 0. The van der Waals surface area contributed by atoms with Crippen LogP contribution in [0.2, 0.25) is 0 Å². The largest absolute Gasteiger partial charge is 0.476 e. The average Bonchev–Trinajstić information content (AvgIpc) is 3.16. The van der Waals surface area contributed by atoms with Crippen LogP contribution in [-0.4, -0.2) is 4.98 Å². The van der Waals surface area contributed by atoms with E-state index in [0.717, 1.165) is 33.2 Å². The summed E-state index contributed by atoms with van der Waals surface area (Å²) in [5.74, 6) is 0.821. The Morgan fingerprint density at radius 1 is 0.812 bits per heavy atom. The molecule has 0 saturated heterocycles. The molecule has 2 aromatic heterocycles. The fourth-order valence-electron chi connectivity index (χ4n) is 4.17. The van der Waals surface area contributed by atoms with Crippen molar-refractivity contribution in [2.24, 2.45) is 0 Å². The summed E-state index contributed by atoms with van der Waals surface area (Å²) in [6.45, 7) is 8.83. The zero-order chi connectivity index (χ0) is 21.5. The Labute approximate surface area is 203 Å². The molecule has 2 heterocycles. The number of furan rings is 1. The molecule has 0 amide bonds. The van der Waals surface area contributed by atoms with Crippen LogP contribution in [0, 0.1) is 6.07 Å². The number of aromatic nitrogens is 1. The molecule has 0 aliphatic carbocycles. The predicted molar refractivity (Wildman–Crippen MR) is 129 cm³/mol. The third-order valence-corrected chi connectivity index (χ3v) is 5.99. The maximum atomic E-state index is 6.43. The molecule has 0 fully saturated rings. The molecule has 0 atom stereocenters. The van der Waals surface area contributed by atoms with Crippen molar-refractivity contribution in [3.05, 3.63) is 90.1 Å². The SMILES string of the molecule is CC(C)c1ccnc(-c2[c-]cc3c(c2)oc2c(C(C)C)cc(-c4ccccc4)cc23)c1.[Ir].